The maximum absolute atomic E-state index is 12.3. The molecule has 8 nitrogen and oxygen atoms in total. The molecule has 1 amide bonds. The zero-order valence-corrected chi connectivity index (χ0v) is 16.8. The molecule has 148 valence electrons. The summed E-state index contributed by atoms with van der Waals surface area (Å²) in [7, 11) is 1.90. The van der Waals surface area contributed by atoms with Crippen molar-refractivity contribution in [2.75, 3.05) is 31.1 Å². The molecule has 0 aliphatic carbocycles. The molecule has 1 fully saturated rings. The van der Waals surface area contributed by atoms with Crippen LogP contribution in [0.25, 0.3) is 22.3 Å². The van der Waals surface area contributed by atoms with Gasteiger partial charge in [0, 0.05) is 62.3 Å². The van der Waals surface area contributed by atoms with E-state index in [9.17, 15) is 4.79 Å². The Balaban J connectivity index is 1.52. The highest BCUT2D eigenvalue weighted by Gasteiger charge is 2.26. The summed E-state index contributed by atoms with van der Waals surface area (Å²) in [6, 6.07) is 4.15. The zero-order chi connectivity index (χ0) is 19.9. The van der Waals surface area contributed by atoms with E-state index < -0.39 is 5.60 Å². The highest BCUT2D eigenvalue weighted by atomic mass is 16.6. The number of anilines is 1. The maximum atomic E-state index is 12.3. The molecule has 4 heterocycles. The third-order valence-corrected chi connectivity index (χ3v) is 4.80. The lowest BCUT2D eigenvalue weighted by Gasteiger charge is -2.36. The first kappa shape index (κ1) is 18.3. The third kappa shape index (κ3) is 3.67. The number of H-pyrrole nitrogens is 1. The van der Waals surface area contributed by atoms with Crippen molar-refractivity contribution in [1.29, 1.82) is 0 Å². The summed E-state index contributed by atoms with van der Waals surface area (Å²) >= 11 is 0. The fraction of sp³-hybridized carbons (Fsp3) is 0.450. The normalized spacial score (nSPS) is 15.3. The topological polar surface area (TPSA) is 79.3 Å². The molecule has 3 aromatic heterocycles. The van der Waals surface area contributed by atoms with Crippen LogP contribution in [0.15, 0.2) is 30.7 Å². The van der Waals surface area contributed by atoms with Gasteiger partial charge in [-0.1, -0.05) is 0 Å². The lowest BCUT2D eigenvalue weighted by Crippen LogP contribution is -2.50. The van der Waals surface area contributed by atoms with Crippen LogP contribution in [0.4, 0.5) is 10.5 Å². The van der Waals surface area contributed by atoms with E-state index in [0.717, 1.165) is 41.1 Å². The Morgan fingerprint density at radius 2 is 1.96 bits per heavy atom. The van der Waals surface area contributed by atoms with Crippen LogP contribution in [0, 0.1) is 0 Å². The number of fused-ring (bicyclic) bond motifs is 1. The van der Waals surface area contributed by atoms with Crippen LogP contribution in [-0.2, 0) is 11.8 Å². The number of nitrogens with one attached hydrogen (secondary N) is 1. The average molecular weight is 382 g/mol. The van der Waals surface area contributed by atoms with Gasteiger partial charge >= 0.3 is 6.09 Å². The van der Waals surface area contributed by atoms with Crippen LogP contribution in [0.3, 0.4) is 0 Å². The molecule has 0 unspecified atom stereocenters. The largest absolute Gasteiger partial charge is 0.444 e. The molecule has 4 rings (SSSR count). The number of hydrogen-bond donors (Lipinski definition) is 1. The molecule has 28 heavy (non-hydrogen) atoms. The second kappa shape index (κ2) is 6.85. The summed E-state index contributed by atoms with van der Waals surface area (Å²) in [6.07, 6.45) is 5.39. The molecule has 1 saturated heterocycles. The predicted molar refractivity (Wildman–Crippen MR) is 108 cm³/mol. The second-order valence-corrected chi connectivity index (χ2v) is 8.13. The van der Waals surface area contributed by atoms with Gasteiger partial charge in [-0.15, -0.1) is 0 Å². The molecule has 1 N–H and O–H groups in total. The molecular formula is C20H26N6O2. The molecule has 1 aliphatic heterocycles. The highest BCUT2D eigenvalue weighted by molar-refractivity contribution is 5.93. The SMILES string of the molecule is Cn1cc(-c2cc3c(N4CCN(C(=O)OC(C)(C)C)CC4)ccnc3[nH]2)cn1. The van der Waals surface area contributed by atoms with E-state index in [4.69, 9.17) is 4.74 Å². The number of nitrogens with zero attached hydrogens (tertiary/aromatic N) is 5. The van der Waals surface area contributed by atoms with Crippen molar-refractivity contribution < 1.29 is 9.53 Å². The van der Waals surface area contributed by atoms with Gasteiger partial charge in [0.2, 0.25) is 0 Å². The van der Waals surface area contributed by atoms with E-state index in [1.54, 1.807) is 9.58 Å². The number of pyridine rings is 1. The van der Waals surface area contributed by atoms with Crippen molar-refractivity contribution >= 4 is 22.8 Å². The number of aromatic nitrogens is 4. The van der Waals surface area contributed by atoms with Gasteiger partial charge in [0.05, 0.1) is 11.9 Å². The summed E-state index contributed by atoms with van der Waals surface area (Å²) in [6.45, 7) is 8.45. The summed E-state index contributed by atoms with van der Waals surface area (Å²) in [4.78, 5) is 24.2. The minimum atomic E-state index is -0.473. The molecule has 0 saturated carbocycles. The predicted octanol–water partition coefficient (Wildman–Crippen LogP) is 3.02. The molecule has 3 aromatic rings. The van der Waals surface area contributed by atoms with Crippen LogP contribution in [0.5, 0.6) is 0 Å². The Bertz CT molecular complexity index is 992. The van der Waals surface area contributed by atoms with Gasteiger partial charge < -0.3 is 19.5 Å². The van der Waals surface area contributed by atoms with Crippen molar-refractivity contribution in [3.63, 3.8) is 0 Å². The standard InChI is InChI=1S/C20H26N6O2/c1-20(2,3)28-19(27)26-9-7-25(8-10-26)17-5-6-21-18-15(17)11-16(23-18)14-12-22-24(4)13-14/h5-6,11-13H,7-10H2,1-4H3,(H,21,23). The second-order valence-electron chi connectivity index (χ2n) is 8.13. The molecule has 0 atom stereocenters. The zero-order valence-electron chi connectivity index (χ0n) is 16.8. The van der Waals surface area contributed by atoms with Crippen molar-refractivity contribution in [2.45, 2.75) is 26.4 Å². The Morgan fingerprint density at radius 3 is 2.61 bits per heavy atom. The number of rotatable bonds is 2. The van der Waals surface area contributed by atoms with Gasteiger partial charge in [-0.3, -0.25) is 4.68 Å². The average Bonchev–Trinajstić information content (AvgIpc) is 3.26. The minimum Gasteiger partial charge on any atom is -0.444 e. The number of ether oxygens (including phenoxy) is 1. The van der Waals surface area contributed by atoms with Crippen LogP contribution >= 0.6 is 0 Å². The van der Waals surface area contributed by atoms with E-state index >= 15 is 0 Å². The quantitative estimate of drug-likeness (QED) is 0.737. The van der Waals surface area contributed by atoms with Crippen LogP contribution in [0.1, 0.15) is 20.8 Å². The maximum Gasteiger partial charge on any atom is 0.410 e. The first-order chi connectivity index (χ1) is 13.3. The van der Waals surface area contributed by atoms with E-state index in [0.29, 0.717) is 13.1 Å². The minimum absolute atomic E-state index is 0.243. The number of carbonyl (C=O) groups excluding carboxylic acids is 1. The molecule has 0 spiro atoms. The Morgan fingerprint density at radius 1 is 1.21 bits per heavy atom. The fourth-order valence-corrected chi connectivity index (χ4v) is 3.46. The summed E-state index contributed by atoms with van der Waals surface area (Å²) in [5.74, 6) is 0. The number of carbonyl (C=O) groups is 1. The fourth-order valence-electron chi connectivity index (χ4n) is 3.46. The molecule has 0 bridgehead atoms. The molecular weight excluding hydrogens is 356 g/mol. The first-order valence-corrected chi connectivity index (χ1v) is 9.50. The van der Waals surface area contributed by atoms with Crippen LogP contribution < -0.4 is 4.90 Å². The number of hydrogen-bond acceptors (Lipinski definition) is 5. The number of amides is 1. The smallest absolute Gasteiger partial charge is 0.410 e. The van der Waals surface area contributed by atoms with Gasteiger partial charge in [0.25, 0.3) is 0 Å². The molecule has 1 aliphatic rings. The van der Waals surface area contributed by atoms with E-state index in [2.05, 4.69) is 26.0 Å². The number of piperazine rings is 1. The van der Waals surface area contributed by atoms with Crippen molar-refractivity contribution in [3.8, 4) is 11.3 Å². The van der Waals surface area contributed by atoms with E-state index in [1.165, 1.54) is 0 Å². The van der Waals surface area contributed by atoms with Gasteiger partial charge in [0.1, 0.15) is 11.2 Å². The van der Waals surface area contributed by atoms with Gasteiger partial charge in [-0.2, -0.15) is 5.10 Å². The summed E-state index contributed by atoms with van der Waals surface area (Å²) in [5.41, 5.74) is 3.53. The Labute approximate surface area is 164 Å². The molecule has 0 radical (unpaired) electrons. The number of aromatic amines is 1. The Kier molecular flexibility index (Phi) is 4.49. The van der Waals surface area contributed by atoms with Gasteiger partial charge in [-0.05, 0) is 32.9 Å². The number of aryl methyl sites for hydroxylation is 1. The van der Waals surface area contributed by atoms with E-state index in [-0.39, 0.29) is 6.09 Å². The molecule has 0 aromatic carbocycles. The van der Waals surface area contributed by atoms with Crippen molar-refractivity contribution in [1.82, 2.24) is 24.6 Å². The van der Waals surface area contributed by atoms with Crippen molar-refractivity contribution in [3.05, 3.63) is 30.7 Å². The first-order valence-electron chi connectivity index (χ1n) is 9.50. The highest BCUT2D eigenvalue weighted by Crippen LogP contribution is 2.30. The monoisotopic (exact) mass is 382 g/mol. The Hall–Kier alpha value is -3.03. The summed E-state index contributed by atoms with van der Waals surface area (Å²) in [5, 5.41) is 5.32. The van der Waals surface area contributed by atoms with Gasteiger partial charge in [0.15, 0.2) is 0 Å². The van der Waals surface area contributed by atoms with Gasteiger partial charge in [-0.25, -0.2) is 9.78 Å². The summed E-state index contributed by atoms with van der Waals surface area (Å²) < 4.78 is 7.27. The lowest BCUT2D eigenvalue weighted by atomic mass is 10.2. The third-order valence-electron chi connectivity index (χ3n) is 4.80. The van der Waals surface area contributed by atoms with Crippen LogP contribution in [0.2, 0.25) is 0 Å². The molecule has 8 heteroatoms. The van der Waals surface area contributed by atoms with Crippen LogP contribution in [-0.4, -0.2) is 62.5 Å². The van der Waals surface area contributed by atoms with E-state index in [1.807, 2.05) is 52.5 Å². The van der Waals surface area contributed by atoms with Crippen molar-refractivity contribution in [2.24, 2.45) is 7.05 Å². The lowest BCUT2D eigenvalue weighted by molar-refractivity contribution is 0.0240.